The zero-order chi connectivity index (χ0) is 12.0. The van der Waals surface area contributed by atoms with Crippen molar-refractivity contribution in [3.8, 4) is 5.75 Å². The van der Waals surface area contributed by atoms with Gasteiger partial charge in [-0.1, -0.05) is 29.8 Å². The van der Waals surface area contributed by atoms with Gasteiger partial charge in [-0.3, -0.25) is 9.09 Å². The minimum Gasteiger partial charge on any atom is -0.746 e. The molecule has 0 amide bonds. The smallest absolute Gasteiger partial charge is 0.321 e. The van der Waals surface area contributed by atoms with Crippen LogP contribution in [0.25, 0.3) is 0 Å². The van der Waals surface area contributed by atoms with Crippen LogP contribution in [-0.4, -0.2) is 11.4 Å². The summed E-state index contributed by atoms with van der Waals surface area (Å²) in [4.78, 5) is 11.3. The molecular formula is C9H10Cl2O4P-. The lowest BCUT2D eigenvalue weighted by atomic mass is 10.3. The highest BCUT2D eigenvalue weighted by atomic mass is 35.5. The monoisotopic (exact) mass is 283 g/mol. The minimum absolute atomic E-state index is 0.176. The van der Waals surface area contributed by atoms with Crippen LogP contribution in [0, 0.1) is 0 Å². The first-order chi connectivity index (χ1) is 7.53. The molecule has 0 heterocycles. The second-order valence-electron chi connectivity index (χ2n) is 2.84. The molecule has 2 unspecified atom stereocenters. The van der Waals surface area contributed by atoms with E-state index in [1.807, 2.05) is 0 Å². The predicted octanol–water partition coefficient (Wildman–Crippen LogP) is 2.74. The fourth-order valence-corrected chi connectivity index (χ4v) is 2.43. The second kappa shape index (κ2) is 6.48. The van der Waals surface area contributed by atoms with Crippen molar-refractivity contribution >= 4 is 31.0 Å². The van der Waals surface area contributed by atoms with Gasteiger partial charge in [0.1, 0.15) is 11.3 Å². The molecule has 0 bridgehead atoms. The molecule has 4 nitrogen and oxygen atoms in total. The summed E-state index contributed by atoms with van der Waals surface area (Å²) in [5.41, 5.74) is -1.01. The van der Waals surface area contributed by atoms with Gasteiger partial charge in [-0.25, -0.2) is 0 Å². The standard InChI is InChI=1S/C9H11Cl2O4P/c10-7-6-9(11)15-16(12,13)14-8-4-2-1-3-5-8/h1-5,9H,6-7H2,(H,12,13)/p-1. The number of alkyl halides is 2. The van der Waals surface area contributed by atoms with E-state index < -0.39 is 13.4 Å². The van der Waals surface area contributed by atoms with Gasteiger partial charge in [-0.05, 0) is 12.1 Å². The summed E-state index contributed by atoms with van der Waals surface area (Å²) in [5, 5.41) is 0. The van der Waals surface area contributed by atoms with Crippen molar-refractivity contribution in [3.63, 3.8) is 0 Å². The van der Waals surface area contributed by atoms with Crippen LogP contribution in [0.5, 0.6) is 5.75 Å². The van der Waals surface area contributed by atoms with Gasteiger partial charge in [0.15, 0.2) is 0 Å². The average molecular weight is 284 g/mol. The summed E-state index contributed by atoms with van der Waals surface area (Å²) in [6, 6.07) is 8.03. The van der Waals surface area contributed by atoms with Gasteiger partial charge in [0.05, 0.1) is 0 Å². The zero-order valence-corrected chi connectivity index (χ0v) is 10.6. The van der Waals surface area contributed by atoms with Crippen LogP contribution in [0.4, 0.5) is 0 Å². The molecule has 7 heteroatoms. The predicted molar refractivity (Wildman–Crippen MR) is 60.7 cm³/mol. The normalized spacial score (nSPS) is 16.4. The molecule has 0 radical (unpaired) electrons. The molecule has 1 aromatic rings. The molecule has 0 aliphatic carbocycles. The lowest BCUT2D eigenvalue weighted by Crippen LogP contribution is -2.15. The Morgan fingerprint density at radius 2 is 2.00 bits per heavy atom. The molecule has 16 heavy (non-hydrogen) atoms. The molecule has 0 saturated carbocycles. The summed E-state index contributed by atoms with van der Waals surface area (Å²) in [7, 11) is -4.44. The largest absolute Gasteiger partial charge is 0.746 e. The van der Waals surface area contributed by atoms with E-state index in [0.29, 0.717) is 0 Å². The van der Waals surface area contributed by atoms with Crippen molar-refractivity contribution in [3.05, 3.63) is 30.3 Å². The van der Waals surface area contributed by atoms with Crippen molar-refractivity contribution in [1.82, 2.24) is 0 Å². The second-order valence-corrected chi connectivity index (χ2v) is 5.00. The Balaban J connectivity index is 2.55. The van der Waals surface area contributed by atoms with E-state index in [1.165, 1.54) is 12.1 Å². The highest BCUT2D eigenvalue weighted by Crippen LogP contribution is 2.41. The van der Waals surface area contributed by atoms with E-state index in [9.17, 15) is 9.46 Å². The Labute approximate surface area is 104 Å². The van der Waals surface area contributed by atoms with E-state index in [-0.39, 0.29) is 18.1 Å². The summed E-state index contributed by atoms with van der Waals surface area (Å²) in [6.45, 7) is 0. The number of benzene rings is 1. The van der Waals surface area contributed by atoms with Crippen LogP contribution in [0.3, 0.4) is 0 Å². The van der Waals surface area contributed by atoms with Gasteiger partial charge in [0, 0.05) is 12.3 Å². The molecule has 1 rings (SSSR count). The van der Waals surface area contributed by atoms with E-state index >= 15 is 0 Å². The highest BCUT2D eigenvalue weighted by Gasteiger charge is 2.16. The van der Waals surface area contributed by atoms with Crippen molar-refractivity contribution in [1.29, 1.82) is 0 Å². The number of halogens is 2. The van der Waals surface area contributed by atoms with Crippen LogP contribution in [0.1, 0.15) is 6.42 Å². The number of para-hydroxylation sites is 1. The summed E-state index contributed by atoms with van der Waals surface area (Å²) in [5.74, 6) is 0.384. The Kier molecular flexibility index (Phi) is 5.59. The number of phosphoric ester groups is 1. The van der Waals surface area contributed by atoms with Gasteiger partial charge >= 0.3 is 7.82 Å². The number of rotatable bonds is 6. The Morgan fingerprint density at radius 1 is 1.38 bits per heavy atom. The summed E-state index contributed by atoms with van der Waals surface area (Å²) in [6.07, 6.45) is 0.216. The average Bonchev–Trinajstić information content (AvgIpc) is 2.17. The van der Waals surface area contributed by atoms with Crippen molar-refractivity contribution in [2.75, 3.05) is 5.88 Å². The summed E-state index contributed by atoms with van der Waals surface area (Å²) < 4.78 is 20.6. The van der Waals surface area contributed by atoms with Gasteiger partial charge in [-0.15, -0.1) is 11.6 Å². The van der Waals surface area contributed by atoms with E-state index in [2.05, 4.69) is 9.05 Å². The van der Waals surface area contributed by atoms with Gasteiger partial charge in [0.2, 0.25) is 0 Å². The SMILES string of the molecule is O=P([O-])(Oc1ccccc1)OC(Cl)CCCl. The van der Waals surface area contributed by atoms with Crippen molar-refractivity contribution in [2.45, 2.75) is 12.0 Å². The first-order valence-corrected chi connectivity index (χ1v) is 6.91. The van der Waals surface area contributed by atoms with Gasteiger partial charge in [0.25, 0.3) is 0 Å². The molecule has 0 fully saturated rings. The lowest BCUT2D eigenvalue weighted by molar-refractivity contribution is -0.218. The number of hydrogen-bond acceptors (Lipinski definition) is 4. The van der Waals surface area contributed by atoms with Crippen LogP contribution in [-0.2, 0) is 9.09 Å². The third-order valence-electron chi connectivity index (χ3n) is 1.54. The fourth-order valence-electron chi connectivity index (χ4n) is 0.911. The zero-order valence-electron chi connectivity index (χ0n) is 8.21. The molecule has 0 aliphatic heterocycles. The number of hydrogen-bond donors (Lipinski definition) is 0. The Morgan fingerprint density at radius 3 is 2.56 bits per heavy atom. The fraction of sp³-hybridized carbons (Fsp3) is 0.333. The van der Waals surface area contributed by atoms with Crippen LogP contribution < -0.4 is 9.42 Å². The van der Waals surface area contributed by atoms with Crippen LogP contribution >= 0.6 is 31.0 Å². The van der Waals surface area contributed by atoms with Crippen LogP contribution in [0.15, 0.2) is 30.3 Å². The van der Waals surface area contributed by atoms with Gasteiger partial charge in [-0.2, -0.15) is 0 Å². The molecular weight excluding hydrogens is 274 g/mol. The van der Waals surface area contributed by atoms with E-state index in [1.54, 1.807) is 18.2 Å². The maximum Gasteiger partial charge on any atom is 0.321 e. The maximum atomic E-state index is 11.3. The molecule has 1 aromatic carbocycles. The topological polar surface area (TPSA) is 58.6 Å². The van der Waals surface area contributed by atoms with Crippen molar-refractivity contribution < 1.29 is 18.5 Å². The molecule has 0 aliphatic rings. The third kappa shape index (κ3) is 5.19. The number of phosphoric acid groups is 1. The van der Waals surface area contributed by atoms with E-state index in [0.717, 1.165) is 0 Å². The van der Waals surface area contributed by atoms with Crippen LogP contribution in [0.2, 0.25) is 0 Å². The Bertz CT molecular complexity index is 360. The molecule has 2 atom stereocenters. The Hall–Kier alpha value is -0.250. The lowest BCUT2D eigenvalue weighted by Gasteiger charge is -2.25. The third-order valence-corrected chi connectivity index (χ3v) is 3.14. The molecule has 0 N–H and O–H groups in total. The molecule has 0 aromatic heterocycles. The van der Waals surface area contributed by atoms with Crippen molar-refractivity contribution in [2.24, 2.45) is 0 Å². The quantitative estimate of drug-likeness (QED) is 0.595. The first kappa shape index (κ1) is 13.8. The maximum absolute atomic E-state index is 11.3. The first-order valence-electron chi connectivity index (χ1n) is 4.47. The summed E-state index contributed by atoms with van der Waals surface area (Å²) >= 11 is 11.0. The molecule has 90 valence electrons. The minimum atomic E-state index is -4.44. The molecule has 0 saturated heterocycles. The van der Waals surface area contributed by atoms with Gasteiger partial charge < -0.3 is 9.42 Å². The highest BCUT2D eigenvalue weighted by molar-refractivity contribution is 7.46. The van der Waals surface area contributed by atoms with E-state index in [4.69, 9.17) is 23.2 Å². The molecule has 0 spiro atoms.